The van der Waals surface area contributed by atoms with Crippen LogP contribution in [0.2, 0.25) is 0 Å². The minimum absolute atomic E-state index is 0. The number of hydrogen-bond donors (Lipinski definition) is 0. The van der Waals surface area contributed by atoms with Crippen molar-refractivity contribution in [3.05, 3.63) is 0 Å². The summed E-state index contributed by atoms with van der Waals surface area (Å²) in [6, 6.07) is 0. The van der Waals surface area contributed by atoms with Crippen molar-refractivity contribution >= 4 is 0 Å². The van der Waals surface area contributed by atoms with E-state index in [1.807, 2.05) is 0 Å². The second-order valence-corrected chi connectivity index (χ2v) is 8.63. The molecule has 2 unspecified atom stereocenters. The van der Waals surface area contributed by atoms with Gasteiger partial charge in [0.05, 0.1) is 12.2 Å². The molecule has 2 rings (SSSR count). The van der Waals surface area contributed by atoms with Crippen molar-refractivity contribution in [2.45, 2.75) is 84.6 Å². The molecule has 2 aliphatic rings. The SMILES string of the molecule is CCCCN1CCC(OC2CCN(CC(C)(C)CC)CC2)C(F)C1.[V]. The minimum Gasteiger partial charge on any atom is -0.372 e. The van der Waals surface area contributed by atoms with E-state index in [-0.39, 0.29) is 30.8 Å². The fourth-order valence-electron chi connectivity index (χ4n) is 3.85. The van der Waals surface area contributed by atoms with Crippen LogP contribution in [0.3, 0.4) is 0 Å². The van der Waals surface area contributed by atoms with Crippen molar-refractivity contribution in [2.24, 2.45) is 5.41 Å². The molecule has 0 aliphatic carbocycles. The molecule has 147 valence electrons. The maximum atomic E-state index is 14.4. The minimum atomic E-state index is -0.812. The van der Waals surface area contributed by atoms with Gasteiger partial charge in [-0.3, -0.25) is 0 Å². The molecule has 25 heavy (non-hydrogen) atoms. The Morgan fingerprint density at radius 1 is 1.04 bits per heavy atom. The summed E-state index contributed by atoms with van der Waals surface area (Å²) in [6.45, 7) is 15.1. The van der Waals surface area contributed by atoms with E-state index in [4.69, 9.17) is 4.74 Å². The summed E-state index contributed by atoms with van der Waals surface area (Å²) in [5.74, 6) is 0. The van der Waals surface area contributed by atoms with Crippen molar-refractivity contribution in [3.8, 4) is 0 Å². The van der Waals surface area contributed by atoms with Gasteiger partial charge in [0.25, 0.3) is 0 Å². The smallest absolute Gasteiger partial charge is 0.139 e. The molecule has 0 aromatic carbocycles. The molecule has 0 aromatic heterocycles. The van der Waals surface area contributed by atoms with Gasteiger partial charge in [-0.25, -0.2) is 4.39 Å². The van der Waals surface area contributed by atoms with Gasteiger partial charge in [0.2, 0.25) is 0 Å². The zero-order valence-electron chi connectivity index (χ0n) is 16.8. The van der Waals surface area contributed by atoms with E-state index in [2.05, 4.69) is 37.5 Å². The van der Waals surface area contributed by atoms with Crippen molar-refractivity contribution in [1.29, 1.82) is 0 Å². The predicted molar refractivity (Wildman–Crippen MR) is 99.3 cm³/mol. The molecule has 1 radical (unpaired) electrons. The molecule has 0 amide bonds. The summed E-state index contributed by atoms with van der Waals surface area (Å²) < 4.78 is 20.6. The molecule has 2 saturated heterocycles. The molecule has 2 fully saturated rings. The summed E-state index contributed by atoms with van der Waals surface area (Å²) in [5, 5.41) is 0. The van der Waals surface area contributed by atoms with Crippen LogP contribution in [-0.2, 0) is 23.3 Å². The van der Waals surface area contributed by atoms with E-state index in [1.54, 1.807) is 0 Å². The molecule has 2 atom stereocenters. The van der Waals surface area contributed by atoms with Crippen LogP contribution in [-0.4, -0.2) is 67.4 Å². The van der Waals surface area contributed by atoms with Crippen molar-refractivity contribution < 1.29 is 27.7 Å². The Morgan fingerprint density at radius 3 is 2.24 bits per heavy atom. The number of ether oxygens (including phenoxy) is 1. The van der Waals surface area contributed by atoms with E-state index in [1.165, 1.54) is 19.3 Å². The molecule has 0 bridgehead atoms. The van der Waals surface area contributed by atoms with Crippen molar-refractivity contribution in [3.63, 3.8) is 0 Å². The van der Waals surface area contributed by atoms with Crippen LogP contribution in [0.25, 0.3) is 0 Å². The largest absolute Gasteiger partial charge is 0.372 e. The van der Waals surface area contributed by atoms with Crippen molar-refractivity contribution in [2.75, 3.05) is 39.3 Å². The first-order valence-corrected chi connectivity index (χ1v) is 10.2. The summed E-state index contributed by atoms with van der Waals surface area (Å²) in [5.41, 5.74) is 0.392. The van der Waals surface area contributed by atoms with E-state index >= 15 is 0 Å². The molecular formula is C20H39FN2OV. The maximum absolute atomic E-state index is 14.4. The van der Waals surface area contributed by atoms with Gasteiger partial charge in [-0.05, 0) is 44.1 Å². The molecule has 0 spiro atoms. The molecule has 3 nitrogen and oxygen atoms in total. The average molecular weight is 393 g/mol. The summed E-state index contributed by atoms with van der Waals surface area (Å²) >= 11 is 0. The number of piperidine rings is 2. The Morgan fingerprint density at radius 2 is 1.68 bits per heavy atom. The fourth-order valence-corrected chi connectivity index (χ4v) is 3.85. The predicted octanol–water partition coefficient (Wildman–Crippen LogP) is 4.11. The number of hydrogen-bond acceptors (Lipinski definition) is 3. The topological polar surface area (TPSA) is 15.7 Å². The molecule has 2 heterocycles. The molecule has 0 saturated carbocycles. The Bertz CT molecular complexity index is 362. The molecule has 5 heteroatoms. The molecule has 0 aromatic rings. The normalized spacial score (nSPS) is 27.2. The maximum Gasteiger partial charge on any atom is 0.139 e. The summed E-state index contributed by atoms with van der Waals surface area (Å²) in [6.07, 6.45) is 5.81. The Kier molecular flexibility index (Phi) is 10.6. The quantitative estimate of drug-likeness (QED) is 0.617. The third-order valence-electron chi connectivity index (χ3n) is 5.90. The van der Waals surface area contributed by atoms with Gasteiger partial charge in [0, 0.05) is 51.3 Å². The monoisotopic (exact) mass is 393 g/mol. The van der Waals surface area contributed by atoms with Crippen LogP contribution in [0.1, 0.15) is 66.2 Å². The molecule has 0 N–H and O–H groups in total. The van der Waals surface area contributed by atoms with Gasteiger partial charge in [0.15, 0.2) is 0 Å². The van der Waals surface area contributed by atoms with E-state index in [0.717, 1.165) is 52.0 Å². The Labute approximate surface area is 166 Å². The van der Waals surface area contributed by atoms with Gasteiger partial charge in [0.1, 0.15) is 6.17 Å². The first-order valence-electron chi connectivity index (χ1n) is 10.2. The van der Waals surface area contributed by atoms with Crippen LogP contribution in [0.15, 0.2) is 0 Å². The summed E-state index contributed by atoms with van der Waals surface area (Å²) in [7, 11) is 0. The van der Waals surface area contributed by atoms with Crippen molar-refractivity contribution in [1.82, 2.24) is 9.80 Å². The van der Waals surface area contributed by atoms with E-state index in [9.17, 15) is 4.39 Å². The Balaban J connectivity index is 0.00000312. The third kappa shape index (κ3) is 7.88. The number of rotatable bonds is 8. The van der Waals surface area contributed by atoms with E-state index in [0.29, 0.717) is 12.0 Å². The number of halogens is 1. The molecular weight excluding hydrogens is 354 g/mol. The first-order chi connectivity index (χ1) is 11.4. The van der Waals surface area contributed by atoms with Crippen LogP contribution < -0.4 is 0 Å². The zero-order valence-corrected chi connectivity index (χ0v) is 18.2. The average Bonchev–Trinajstić information content (AvgIpc) is 2.56. The first kappa shape index (κ1) is 23.4. The van der Waals surface area contributed by atoms with Crippen LogP contribution in [0, 0.1) is 5.41 Å². The van der Waals surface area contributed by atoms with Crippen LogP contribution >= 0.6 is 0 Å². The number of nitrogens with zero attached hydrogens (tertiary/aromatic N) is 2. The number of likely N-dealkylation sites (tertiary alicyclic amines) is 2. The second kappa shape index (κ2) is 11.3. The van der Waals surface area contributed by atoms with Gasteiger partial charge in [-0.2, -0.15) is 0 Å². The second-order valence-electron chi connectivity index (χ2n) is 8.63. The van der Waals surface area contributed by atoms with Gasteiger partial charge in [-0.15, -0.1) is 0 Å². The van der Waals surface area contributed by atoms with E-state index < -0.39 is 6.17 Å². The number of alkyl halides is 1. The molecule has 2 aliphatic heterocycles. The zero-order chi connectivity index (χ0) is 17.6. The Hall–Kier alpha value is 0.394. The number of unbranched alkanes of at least 4 members (excludes halogenated alkanes) is 1. The fraction of sp³-hybridized carbons (Fsp3) is 1.00. The van der Waals surface area contributed by atoms with Gasteiger partial charge < -0.3 is 14.5 Å². The van der Waals surface area contributed by atoms with Crippen LogP contribution in [0.5, 0.6) is 0 Å². The summed E-state index contributed by atoms with van der Waals surface area (Å²) in [4.78, 5) is 4.83. The third-order valence-corrected chi connectivity index (χ3v) is 5.90. The van der Waals surface area contributed by atoms with Crippen LogP contribution in [0.4, 0.5) is 4.39 Å². The van der Waals surface area contributed by atoms with Gasteiger partial charge >= 0.3 is 0 Å². The van der Waals surface area contributed by atoms with Gasteiger partial charge in [-0.1, -0.05) is 34.1 Å². The standard InChI is InChI=1S/C20H39FN2O.V/c1-5-7-11-22-14-10-19(18(21)15-22)24-17-8-12-23(13-9-17)16-20(3,4)6-2;/h17-19H,5-16H2,1-4H3;.